The van der Waals surface area contributed by atoms with Gasteiger partial charge in [0.15, 0.2) is 0 Å². The first-order chi connectivity index (χ1) is 4.36. The van der Waals surface area contributed by atoms with E-state index in [-0.39, 0.29) is 0 Å². The monoisotopic (exact) mass is 192 g/mol. The van der Waals surface area contributed by atoms with E-state index in [1.165, 1.54) is 12.8 Å². The molecule has 0 aromatic heterocycles. The fourth-order valence-electron chi connectivity index (χ4n) is 1.17. The fourth-order valence-corrected chi connectivity index (χ4v) is 1.70. The van der Waals surface area contributed by atoms with Gasteiger partial charge in [0.25, 0.3) is 0 Å². The van der Waals surface area contributed by atoms with Crippen LogP contribution in [0.5, 0.6) is 0 Å². The summed E-state index contributed by atoms with van der Waals surface area (Å²) in [6, 6.07) is 0. The van der Waals surface area contributed by atoms with Crippen LogP contribution in [0.1, 0.15) is 19.8 Å². The van der Waals surface area contributed by atoms with Crippen LogP contribution in [-0.4, -0.2) is 18.0 Å². The van der Waals surface area contributed by atoms with Crippen LogP contribution in [0.4, 0.5) is 0 Å². The first-order valence-corrected chi connectivity index (χ1v) is 4.66. The molecular weight excluding hydrogens is 180 g/mol. The minimum atomic E-state index is 0.581. The first-order valence-electron chi connectivity index (χ1n) is 3.54. The van der Waals surface area contributed by atoms with Crippen molar-refractivity contribution in [2.45, 2.75) is 25.9 Å². The van der Waals surface area contributed by atoms with Gasteiger partial charge in [-0.15, -0.1) is 0 Å². The Labute approximate surface area is 64.9 Å². The molecule has 9 heavy (non-hydrogen) atoms. The van der Waals surface area contributed by atoms with Crippen LogP contribution in [0.3, 0.4) is 0 Å². The predicted octanol–water partition coefficient (Wildman–Crippen LogP) is 2.20. The second-order valence-electron chi connectivity index (χ2n) is 2.57. The molecule has 0 aromatic rings. The van der Waals surface area contributed by atoms with Crippen LogP contribution in [0.2, 0.25) is 0 Å². The lowest BCUT2D eigenvalue weighted by atomic mass is 9.84. The second kappa shape index (κ2) is 3.57. The van der Waals surface area contributed by atoms with Gasteiger partial charge in [0, 0.05) is 11.9 Å². The molecule has 1 saturated carbocycles. The minimum absolute atomic E-state index is 0.581. The molecule has 1 aliphatic carbocycles. The van der Waals surface area contributed by atoms with Gasteiger partial charge in [-0.2, -0.15) is 0 Å². The highest BCUT2D eigenvalue weighted by Gasteiger charge is 2.27. The van der Waals surface area contributed by atoms with Gasteiger partial charge in [-0.25, -0.2) is 0 Å². The number of alkyl halides is 1. The van der Waals surface area contributed by atoms with Crippen LogP contribution in [0.15, 0.2) is 0 Å². The van der Waals surface area contributed by atoms with E-state index in [0.29, 0.717) is 6.10 Å². The lowest BCUT2D eigenvalue weighted by molar-refractivity contribution is -0.0173. The molecule has 1 fully saturated rings. The molecule has 0 spiro atoms. The van der Waals surface area contributed by atoms with Crippen molar-refractivity contribution in [3.05, 3.63) is 0 Å². The summed E-state index contributed by atoms with van der Waals surface area (Å²) in [5.74, 6) is 0.890. The highest BCUT2D eigenvalue weighted by Crippen LogP contribution is 2.30. The van der Waals surface area contributed by atoms with E-state index in [0.717, 1.165) is 17.9 Å². The van der Waals surface area contributed by atoms with E-state index >= 15 is 0 Å². The molecule has 0 unspecified atom stereocenters. The summed E-state index contributed by atoms with van der Waals surface area (Å²) in [6.45, 7) is 2.93. The van der Waals surface area contributed by atoms with Crippen LogP contribution in [0, 0.1) is 5.92 Å². The van der Waals surface area contributed by atoms with Crippen molar-refractivity contribution in [1.82, 2.24) is 0 Å². The van der Waals surface area contributed by atoms with Crippen LogP contribution in [-0.2, 0) is 4.74 Å². The third-order valence-electron chi connectivity index (χ3n) is 1.81. The Morgan fingerprint density at radius 3 is 2.67 bits per heavy atom. The molecule has 0 aromatic carbocycles. The highest BCUT2D eigenvalue weighted by atomic mass is 79.9. The van der Waals surface area contributed by atoms with Crippen molar-refractivity contribution >= 4 is 15.9 Å². The molecule has 0 bridgehead atoms. The molecule has 0 aliphatic heterocycles. The van der Waals surface area contributed by atoms with Crippen LogP contribution >= 0.6 is 15.9 Å². The molecule has 0 saturated heterocycles. The summed E-state index contributed by atoms with van der Waals surface area (Å²) >= 11 is 3.45. The Bertz CT molecular complexity index is 79.0. The molecule has 1 rings (SSSR count). The summed E-state index contributed by atoms with van der Waals surface area (Å²) < 4.78 is 5.39. The third kappa shape index (κ3) is 1.94. The number of hydrogen-bond donors (Lipinski definition) is 0. The van der Waals surface area contributed by atoms with Gasteiger partial charge in [0.1, 0.15) is 0 Å². The zero-order valence-electron chi connectivity index (χ0n) is 5.77. The number of hydrogen-bond acceptors (Lipinski definition) is 1. The predicted molar refractivity (Wildman–Crippen MR) is 41.9 cm³/mol. The maximum absolute atomic E-state index is 5.39. The Hall–Kier alpha value is 0.440. The molecule has 2 heteroatoms. The van der Waals surface area contributed by atoms with Gasteiger partial charge < -0.3 is 4.74 Å². The van der Waals surface area contributed by atoms with Gasteiger partial charge >= 0.3 is 0 Å². The largest absolute Gasteiger partial charge is 0.378 e. The molecular formula is C7H13BrO. The van der Waals surface area contributed by atoms with Gasteiger partial charge in [-0.05, 0) is 25.7 Å². The fraction of sp³-hybridized carbons (Fsp3) is 1.00. The molecule has 54 valence electrons. The van der Waals surface area contributed by atoms with Gasteiger partial charge in [0.05, 0.1) is 6.10 Å². The zero-order valence-corrected chi connectivity index (χ0v) is 7.36. The number of ether oxygens (including phenoxy) is 1. The Balaban J connectivity index is 1.98. The van der Waals surface area contributed by atoms with Crippen LogP contribution < -0.4 is 0 Å². The topological polar surface area (TPSA) is 9.23 Å². The van der Waals surface area contributed by atoms with E-state index in [1.807, 2.05) is 0 Å². The summed E-state index contributed by atoms with van der Waals surface area (Å²) in [4.78, 5) is 0. The Morgan fingerprint density at radius 2 is 2.22 bits per heavy atom. The van der Waals surface area contributed by atoms with E-state index in [4.69, 9.17) is 4.74 Å². The normalized spacial score (nSPS) is 34.0. The van der Waals surface area contributed by atoms with Crippen molar-refractivity contribution in [2.24, 2.45) is 5.92 Å². The van der Waals surface area contributed by atoms with E-state index in [1.54, 1.807) is 0 Å². The maximum atomic E-state index is 5.39. The van der Waals surface area contributed by atoms with E-state index in [2.05, 4.69) is 22.9 Å². The van der Waals surface area contributed by atoms with Crippen molar-refractivity contribution in [1.29, 1.82) is 0 Å². The molecule has 0 N–H and O–H groups in total. The highest BCUT2D eigenvalue weighted by molar-refractivity contribution is 9.09. The molecule has 1 aliphatic rings. The van der Waals surface area contributed by atoms with Crippen molar-refractivity contribution in [3.8, 4) is 0 Å². The summed E-state index contributed by atoms with van der Waals surface area (Å²) in [5.41, 5.74) is 0. The quantitative estimate of drug-likeness (QED) is 0.624. The van der Waals surface area contributed by atoms with Crippen molar-refractivity contribution in [3.63, 3.8) is 0 Å². The summed E-state index contributed by atoms with van der Waals surface area (Å²) in [6.07, 6.45) is 3.11. The van der Waals surface area contributed by atoms with Gasteiger partial charge in [0.2, 0.25) is 0 Å². The summed E-state index contributed by atoms with van der Waals surface area (Å²) in [5, 5.41) is 1.15. The van der Waals surface area contributed by atoms with Gasteiger partial charge in [-0.1, -0.05) is 15.9 Å². The lowest BCUT2D eigenvalue weighted by Gasteiger charge is -2.33. The maximum Gasteiger partial charge on any atom is 0.0580 e. The smallest absolute Gasteiger partial charge is 0.0580 e. The van der Waals surface area contributed by atoms with E-state index < -0.39 is 0 Å². The molecule has 0 atom stereocenters. The molecule has 0 amide bonds. The Kier molecular flexibility index (Phi) is 2.99. The van der Waals surface area contributed by atoms with E-state index in [9.17, 15) is 0 Å². The molecule has 0 radical (unpaired) electrons. The molecule has 1 nitrogen and oxygen atoms in total. The summed E-state index contributed by atoms with van der Waals surface area (Å²) in [7, 11) is 0. The zero-order chi connectivity index (χ0) is 6.69. The second-order valence-corrected chi connectivity index (χ2v) is 3.22. The number of halogens is 1. The third-order valence-corrected chi connectivity index (χ3v) is 2.73. The lowest BCUT2D eigenvalue weighted by Crippen LogP contribution is -2.32. The average molecular weight is 193 g/mol. The first kappa shape index (κ1) is 7.55. The van der Waals surface area contributed by atoms with Crippen molar-refractivity contribution in [2.75, 3.05) is 11.9 Å². The van der Waals surface area contributed by atoms with Gasteiger partial charge in [-0.3, -0.25) is 0 Å². The standard InChI is InChI=1S/C7H13BrO/c1-2-9-7-3-6(4-7)5-8/h6-7H,2-5H2,1H3. The number of rotatable bonds is 3. The molecule has 0 heterocycles. The SMILES string of the molecule is CCOC1CC(CBr)C1. The average Bonchev–Trinajstić information content (AvgIpc) is 1.77. The van der Waals surface area contributed by atoms with Crippen LogP contribution in [0.25, 0.3) is 0 Å². The Morgan fingerprint density at radius 1 is 1.56 bits per heavy atom. The minimum Gasteiger partial charge on any atom is -0.378 e. The van der Waals surface area contributed by atoms with Crippen molar-refractivity contribution < 1.29 is 4.74 Å².